The Morgan fingerprint density at radius 1 is 1.41 bits per heavy atom. The maximum Gasteiger partial charge on any atom is 0.178 e. The zero-order valence-electron chi connectivity index (χ0n) is 9.55. The van der Waals surface area contributed by atoms with Gasteiger partial charge < -0.3 is 10.5 Å². The lowest BCUT2D eigenvalue weighted by Gasteiger charge is -2.04. The van der Waals surface area contributed by atoms with Crippen LogP contribution in [0.25, 0.3) is 0 Å². The van der Waals surface area contributed by atoms with Crippen LogP contribution >= 0.6 is 0 Å². The summed E-state index contributed by atoms with van der Waals surface area (Å²) in [7, 11) is -1.93. The van der Waals surface area contributed by atoms with Gasteiger partial charge in [0.25, 0.3) is 0 Å². The van der Waals surface area contributed by atoms with Gasteiger partial charge in [-0.2, -0.15) is 0 Å². The van der Waals surface area contributed by atoms with Gasteiger partial charge in [-0.3, -0.25) is 4.79 Å². The first kappa shape index (κ1) is 13.7. The Morgan fingerprint density at radius 3 is 2.71 bits per heavy atom. The highest BCUT2D eigenvalue weighted by Gasteiger charge is 2.17. The number of rotatable bonds is 6. The number of Topliss-reactive ketones (excluding diaryl/α,β-unsaturated/α-hetero) is 1. The fourth-order valence-corrected chi connectivity index (χ4v) is 2.40. The van der Waals surface area contributed by atoms with Crippen LogP contribution in [0.4, 0.5) is 0 Å². The number of carbonyl (C=O) groups excluding carboxylic acids is 1. The average Bonchev–Trinajstić information content (AvgIpc) is 2.28. The van der Waals surface area contributed by atoms with Gasteiger partial charge in [0.05, 0.1) is 12.9 Å². The maximum atomic E-state index is 11.7. The van der Waals surface area contributed by atoms with E-state index in [-0.39, 0.29) is 12.3 Å². The van der Waals surface area contributed by atoms with E-state index in [1.165, 1.54) is 13.2 Å². The molecule has 6 heteroatoms. The van der Waals surface area contributed by atoms with Crippen LogP contribution in [0.2, 0.25) is 0 Å². The minimum absolute atomic E-state index is 0.0216. The molecule has 0 spiro atoms. The zero-order valence-corrected chi connectivity index (χ0v) is 10.4. The Balaban J connectivity index is 2.83. The number of methoxy groups -OCH3 is 1. The molecular formula is C11H15NO4S. The van der Waals surface area contributed by atoms with Crippen LogP contribution in [0.15, 0.2) is 24.3 Å². The summed E-state index contributed by atoms with van der Waals surface area (Å²) in [5.74, 6) is -0.621. The lowest BCUT2D eigenvalue weighted by molar-refractivity contribution is 0.102. The van der Waals surface area contributed by atoms with E-state index in [1.807, 2.05) is 0 Å². The Labute approximate surface area is 100 Å². The third kappa shape index (κ3) is 4.16. The summed E-state index contributed by atoms with van der Waals surface area (Å²) in [6, 6.07) is 6.40. The summed E-state index contributed by atoms with van der Waals surface area (Å²) in [5.41, 5.74) is 5.49. The fourth-order valence-electron chi connectivity index (χ4n) is 1.33. The van der Waals surface area contributed by atoms with E-state index >= 15 is 0 Å². The van der Waals surface area contributed by atoms with Crippen LogP contribution in [0, 0.1) is 0 Å². The minimum atomic E-state index is -3.41. The number of benzene rings is 1. The molecule has 0 heterocycles. The molecule has 94 valence electrons. The van der Waals surface area contributed by atoms with Crippen LogP contribution < -0.4 is 10.5 Å². The van der Waals surface area contributed by atoms with Gasteiger partial charge in [-0.15, -0.1) is 0 Å². The number of sulfone groups is 1. The number of ether oxygens (including phenoxy) is 1. The van der Waals surface area contributed by atoms with E-state index in [9.17, 15) is 13.2 Å². The van der Waals surface area contributed by atoms with E-state index in [2.05, 4.69) is 0 Å². The van der Waals surface area contributed by atoms with Gasteiger partial charge in [0, 0.05) is 12.1 Å². The summed E-state index contributed by atoms with van der Waals surface area (Å²) in [4.78, 5) is 11.7. The fraction of sp³-hybridized carbons (Fsp3) is 0.364. The molecule has 0 bridgehead atoms. The second-order valence-corrected chi connectivity index (χ2v) is 5.72. The summed E-state index contributed by atoms with van der Waals surface area (Å²) >= 11 is 0. The van der Waals surface area contributed by atoms with Gasteiger partial charge in [0.15, 0.2) is 15.6 Å². The molecule has 0 unspecified atom stereocenters. The normalized spacial score (nSPS) is 11.2. The number of ketones is 1. The van der Waals surface area contributed by atoms with Crippen molar-refractivity contribution in [1.29, 1.82) is 0 Å². The van der Waals surface area contributed by atoms with Crippen LogP contribution in [0.5, 0.6) is 5.75 Å². The van der Waals surface area contributed by atoms with Crippen molar-refractivity contribution in [1.82, 2.24) is 0 Å². The summed E-state index contributed by atoms with van der Waals surface area (Å²) in [5, 5.41) is 0. The summed E-state index contributed by atoms with van der Waals surface area (Å²) < 4.78 is 27.8. The van der Waals surface area contributed by atoms with Crippen LogP contribution in [0.3, 0.4) is 0 Å². The van der Waals surface area contributed by atoms with E-state index in [0.717, 1.165) is 0 Å². The van der Waals surface area contributed by atoms with Crippen molar-refractivity contribution in [2.24, 2.45) is 5.73 Å². The van der Waals surface area contributed by atoms with E-state index in [0.29, 0.717) is 11.3 Å². The molecule has 0 aliphatic heterocycles. The predicted molar refractivity (Wildman–Crippen MR) is 65.0 cm³/mol. The standard InChI is InChI=1S/C11H15NO4S/c1-16-10-4-2-3-9(7-10)11(13)8-17(14,15)6-5-12/h2-4,7H,5-6,8,12H2,1H3. The highest BCUT2D eigenvalue weighted by Crippen LogP contribution is 2.13. The SMILES string of the molecule is COc1cccc(C(=O)CS(=O)(=O)CCN)c1. The number of nitrogens with two attached hydrogens (primary N) is 1. The van der Waals surface area contributed by atoms with Crippen molar-refractivity contribution in [2.75, 3.05) is 25.2 Å². The zero-order chi connectivity index (χ0) is 12.9. The first-order valence-corrected chi connectivity index (χ1v) is 6.88. The molecule has 1 aromatic rings. The van der Waals surface area contributed by atoms with E-state index in [1.54, 1.807) is 18.2 Å². The van der Waals surface area contributed by atoms with Gasteiger partial charge in [0.2, 0.25) is 0 Å². The molecular weight excluding hydrogens is 242 g/mol. The molecule has 17 heavy (non-hydrogen) atoms. The van der Waals surface area contributed by atoms with Crippen molar-refractivity contribution in [3.05, 3.63) is 29.8 Å². The molecule has 0 atom stereocenters. The minimum Gasteiger partial charge on any atom is -0.497 e. The van der Waals surface area contributed by atoms with Crippen molar-refractivity contribution < 1.29 is 17.9 Å². The van der Waals surface area contributed by atoms with Gasteiger partial charge in [-0.25, -0.2) is 8.42 Å². The van der Waals surface area contributed by atoms with Crippen LogP contribution in [0.1, 0.15) is 10.4 Å². The summed E-state index contributed by atoms with van der Waals surface area (Å²) in [6.45, 7) is 0.0216. The third-order valence-corrected chi connectivity index (χ3v) is 3.73. The smallest absolute Gasteiger partial charge is 0.178 e. The van der Waals surface area contributed by atoms with Crippen molar-refractivity contribution >= 4 is 15.6 Å². The van der Waals surface area contributed by atoms with Crippen LogP contribution in [-0.4, -0.2) is 39.4 Å². The first-order valence-electron chi connectivity index (χ1n) is 5.06. The van der Waals surface area contributed by atoms with Crippen molar-refractivity contribution in [3.63, 3.8) is 0 Å². The highest BCUT2D eigenvalue weighted by molar-refractivity contribution is 7.92. The quantitative estimate of drug-likeness (QED) is 0.738. The maximum absolute atomic E-state index is 11.7. The molecule has 0 aromatic heterocycles. The van der Waals surface area contributed by atoms with Gasteiger partial charge >= 0.3 is 0 Å². The first-order chi connectivity index (χ1) is 7.98. The number of carbonyl (C=O) groups is 1. The summed E-state index contributed by atoms with van der Waals surface area (Å²) in [6.07, 6.45) is 0. The number of hydrogen-bond donors (Lipinski definition) is 1. The van der Waals surface area contributed by atoms with E-state index < -0.39 is 21.4 Å². The number of hydrogen-bond acceptors (Lipinski definition) is 5. The molecule has 0 radical (unpaired) electrons. The third-order valence-electron chi connectivity index (χ3n) is 2.17. The molecule has 0 aliphatic rings. The van der Waals surface area contributed by atoms with Gasteiger partial charge in [-0.05, 0) is 12.1 Å². The topological polar surface area (TPSA) is 86.5 Å². The highest BCUT2D eigenvalue weighted by atomic mass is 32.2. The largest absolute Gasteiger partial charge is 0.497 e. The molecule has 0 fully saturated rings. The predicted octanol–water partition coefficient (Wildman–Crippen LogP) is 0.251. The lowest BCUT2D eigenvalue weighted by Crippen LogP contribution is -2.23. The Kier molecular flexibility index (Phi) is 4.65. The van der Waals surface area contributed by atoms with Gasteiger partial charge in [0.1, 0.15) is 11.5 Å². The molecule has 2 N–H and O–H groups in total. The molecule has 0 amide bonds. The van der Waals surface area contributed by atoms with Crippen molar-refractivity contribution in [2.45, 2.75) is 0 Å². The Hall–Kier alpha value is -1.40. The molecule has 0 saturated heterocycles. The van der Waals surface area contributed by atoms with Crippen LogP contribution in [-0.2, 0) is 9.84 Å². The van der Waals surface area contributed by atoms with Crippen molar-refractivity contribution in [3.8, 4) is 5.75 Å². The second-order valence-electron chi connectivity index (χ2n) is 3.54. The molecule has 1 aromatic carbocycles. The molecule has 0 aliphatic carbocycles. The Morgan fingerprint density at radius 2 is 2.12 bits per heavy atom. The van der Waals surface area contributed by atoms with Gasteiger partial charge in [-0.1, -0.05) is 12.1 Å². The molecule has 1 rings (SSSR count). The molecule has 0 saturated carbocycles. The lowest BCUT2D eigenvalue weighted by atomic mass is 10.1. The second kappa shape index (κ2) is 5.79. The Bertz CT molecular complexity index is 496. The average molecular weight is 257 g/mol. The van der Waals surface area contributed by atoms with E-state index in [4.69, 9.17) is 10.5 Å². The monoisotopic (exact) mass is 257 g/mol. The molecule has 5 nitrogen and oxygen atoms in total.